The summed E-state index contributed by atoms with van der Waals surface area (Å²) in [5.74, 6) is 3.16. The van der Waals surface area contributed by atoms with Crippen LogP contribution in [0.2, 0.25) is 0 Å². The highest BCUT2D eigenvalue weighted by atomic mass is 16.5. The summed E-state index contributed by atoms with van der Waals surface area (Å²) in [5, 5.41) is 0. The van der Waals surface area contributed by atoms with Crippen LogP contribution in [0.1, 0.15) is 123 Å². The molecule has 0 amide bonds. The number of nitrogens with zero attached hydrogens (tertiary/aromatic N) is 2. The van der Waals surface area contributed by atoms with Crippen molar-refractivity contribution in [3.8, 4) is 34.0 Å². The molecule has 0 saturated heterocycles. The number of benzene rings is 2. The lowest BCUT2D eigenvalue weighted by atomic mass is 9.65. The number of hydrogen-bond acceptors (Lipinski definition) is 3. The molecule has 2 aliphatic carbocycles. The molecule has 0 aliphatic heterocycles. The Labute approximate surface area is 276 Å². The summed E-state index contributed by atoms with van der Waals surface area (Å²) in [7, 11) is 0. The van der Waals surface area contributed by atoms with Gasteiger partial charge in [-0.3, -0.25) is 9.97 Å². The van der Waals surface area contributed by atoms with Crippen molar-refractivity contribution in [3.63, 3.8) is 0 Å². The molecule has 2 unspecified atom stereocenters. The normalized spacial score (nSPS) is 22.7. The SMILES string of the molecule is [2H]C([2H])([2H])c1cnc(-c2cc(Oc3cccc(-c4cc(C5CCC(C)(C)CC5C)c(C)cn4)c3)cc(C3CCC(C)(C)CC3)c2)cc1C. The molecule has 2 atom stereocenters. The standard InChI is InChI=1S/C42H52N2O/c1-27-18-39(43-25-29(27)3)34-19-33(31-12-15-41(5,6)16-13-31)21-36(22-34)45-35-11-9-10-32(20-35)40-23-38(30(4)26-44-40)37-14-17-42(7,8)24-28(37)2/h9-11,18-23,25-26,28,31,37H,12-17,24H2,1-8H3/i3D3. The summed E-state index contributed by atoms with van der Waals surface area (Å²) in [4.78, 5) is 9.51. The fraction of sp³-hybridized carbons (Fsp3) is 0.476. The van der Waals surface area contributed by atoms with Crippen LogP contribution >= 0.6 is 0 Å². The van der Waals surface area contributed by atoms with Crippen molar-refractivity contribution >= 4 is 0 Å². The molecule has 45 heavy (non-hydrogen) atoms. The summed E-state index contributed by atoms with van der Waals surface area (Å²) in [6.07, 6.45) is 11.9. The maximum absolute atomic E-state index is 7.89. The first-order valence-electron chi connectivity index (χ1n) is 18.4. The third-order valence-electron chi connectivity index (χ3n) is 10.7. The van der Waals surface area contributed by atoms with Crippen molar-refractivity contribution in [1.82, 2.24) is 9.97 Å². The molecule has 3 nitrogen and oxygen atoms in total. The third-order valence-corrected chi connectivity index (χ3v) is 10.7. The summed E-state index contributed by atoms with van der Waals surface area (Å²) < 4.78 is 30.3. The Hall–Kier alpha value is -3.46. The van der Waals surface area contributed by atoms with Crippen molar-refractivity contribution in [2.75, 3.05) is 0 Å². The first-order chi connectivity index (χ1) is 22.6. The average molecular weight is 604 g/mol. The summed E-state index contributed by atoms with van der Waals surface area (Å²) in [6, 6.07) is 18.9. The van der Waals surface area contributed by atoms with Gasteiger partial charge in [0, 0.05) is 27.6 Å². The zero-order valence-corrected chi connectivity index (χ0v) is 28.3. The monoisotopic (exact) mass is 603 g/mol. The zero-order chi connectivity index (χ0) is 34.4. The van der Waals surface area contributed by atoms with E-state index < -0.39 is 6.85 Å². The van der Waals surface area contributed by atoms with E-state index in [1.165, 1.54) is 55.0 Å². The van der Waals surface area contributed by atoms with E-state index in [-0.39, 0.29) is 0 Å². The Balaban J connectivity index is 1.32. The van der Waals surface area contributed by atoms with Crippen molar-refractivity contribution in [1.29, 1.82) is 0 Å². The van der Waals surface area contributed by atoms with Crippen LogP contribution < -0.4 is 4.74 Å². The van der Waals surface area contributed by atoms with Crippen LogP contribution in [0.3, 0.4) is 0 Å². The Morgan fingerprint density at radius 2 is 1.42 bits per heavy atom. The molecule has 2 aromatic carbocycles. The van der Waals surface area contributed by atoms with Gasteiger partial charge >= 0.3 is 0 Å². The molecule has 0 spiro atoms. The Kier molecular flexibility index (Phi) is 7.66. The van der Waals surface area contributed by atoms with Gasteiger partial charge in [-0.1, -0.05) is 46.8 Å². The van der Waals surface area contributed by atoms with Crippen LogP contribution in [0.15, 0.2) is 67.0 Å². The fourth-order valence-electron chi connectivity index (χ4n) is 7.87. The second kappa shape index (κ2) is 12.4. The van der Waals surface area contributed by atoms with E-state index in [9.17, 15) is 0 Å². The minimum Gasteiger partial charge on any atom is -0.457 e. The summed E-state index contributed by atoms with van der Waals surface area (Å²) >= 11 is 0. The van der Waals surface area contributed by atoms with Gasteiger partial charge in [-0.15, -0.1) is 0 Å². The van der Waals surface area contributed by atoms with E-state index >= 15 is 0 Å². The minimum absolute atomic E-state index is 0.292. The molecule has 2 aliphatic rings. The summed E-state index contributed by atoms with van der Waals surface area (Å²) in [6.45, 7) is 13.8. The topological polar surface area (TPSA) is 35.0 Å². The van der Waals surface area contributed by atoms with Gasteiger partial charge in [-0.05, 0) is 165 Å². The smallest absolute Gasteiger partial charge is 0.128 e. The molecule has 2 heterocycles. The largest absolute Gasteiger partial charge is 0.457 e. The Morgan fingerprint density at radius 1 is 0.733 bits per heavy atom. The van der Waals surface area contributed by atoms with Crippen LogP contribution in [-0.4, -0.2) is 9.97 Å². The van der Waals surface area contributed by atoms with Gasteiger partial charge in [-0.25, -0.2) is 0 Å². The molecule has 6 rings (SSSR count). The Morgan fingerprint density at radius 3 is 2.13 bits per heavy atom. The average Bonchev–Trinajstić information content (AvgIpc) is 3.00. The third kappa shape index (κ3) is 7.19. The van der Waals surface area contributed by atoms with Crippen molar-refractivity contribution in [3.05, 3.63) is 94.8 Å². The zero-order valence-electron chi connectivity index (χ0n) is 31.3. The molecule has 3 heteroatoms. The molecule has 2 fully saturated rings. The number of aromatic nitrogens is 2. The lowest BCUT2D eigenvalue weighted by Gasteiger charge is -2.40. The highest BCUT2D eigenvalue weighted by molar-refractivity contribution is 5.65. The minimum atomic E-state index is -2.19. The quantitative estimate of drug-likeness (QED) is 0.220. The van der Waals surface area contributed by atoms with Crippen molar-refractivity contribution in [2.24, 2.45) is 16.7 Å². The van der Waals surface area contributed by atoms with Crippen LogP contribution in [0.5, 0.6) is 11.5 Å². The van der Waals surface area contributed by atoms with Gasteiger partial charge in [0.1, 0.15) is 11.5 Å². The molecular weight excluding hydrogens is 548 g/mol. The predicted octanol–water partition coefficient (Wildman–Crippen LogP) is 12.1. The second-order valence-electron chi connectivity index (χ2n) is 15.7. The van der Waals surface area contributed by atoms with Gasteiger partial charge in [-0.2, -0.15) is 0 Å². The number of pyridine rings is 2. The Bertz CT molecular complexity index is 1780. The van der Waals surface area contributed by atoms with E-state index in [2.05, 4.69) is 76.9 Å². The van der Waals surface area contributed by atoms with Crippen molar-refractivity contribution in [2.45, 2.75) is 112 Å². The molecular formula is C42H52N2O. The molecule has 4 aromatic rings. The van der Waals surface area contributed by atoms with E-state index in [1.807, 2.05) is 37.4 Å². The van der Waals surface area contributed by atoms with E-state index in [0.717, 1.165) is 52.4 Å². The van der Waals surface area contributed by atoms with Gasteiger partial charge in [0.15, 0.2) is 0 Å². The van der Waals surface area contributed by atoms with Crippen LogP contribution in [-0.2, 0) is 0 Å². The van der Waals surface area contributed by atoms with E-state index in [1.54, 1.807) is 0 Å². The van der Waals surface area contributed by atoms with Crippen LogP contribution in [0.25, 0.3) is 22.5 Å². The van der Waals surface area contributed by atoms with Gasteiger partial charge < -0.3 is 4.74 Å². The second-order valence-corrected chi connectivity index (χ2v) is 15.7. The molecule has 2 aromatic heterocycles. The van der Waals surface area contributed by atoms with Gasteiger partial charge in [0.25, 0.3) is 0 Å². The summed E-state index contributed by atoms with van der Waals surface area (Å²) in [5.41, 5.74) is 9.46. The number of hydrogen-bond donors (Lipinski definition) is 0. The first kappa shape index (κ1) is 27.8. The molecule has 2 saturated carbocycles. The molecule has 0 N–H and O–H groups in total. The van der Waals surface area contributed by atoms with Crippen LogP contribution in [0.4, 0.5) is 0 Å². The molecule has 0 bridgehead atoms. The molecule has 0 radical (unpaired) electrons. The number of ether oxygens (including phenoxy) is 1. The maximum Gasteiger partial charge on any atom is 0.128 e. The predicted molar refractivity (Wildman–Crippen MR) is 188 cm³/mol. The van der Waals surface area contributed by atoms with Crippen molar-refractivity contribution < 1.29 is 8.85 Å². The van der Waals surface area contributed by atoms with E-state index in [0.29, 0.717) is 34.1 Å². The molecule has 236 valence electrons. The highest BCUT2D eigenvalue weighted by Crippen LogP contribution is 2.47. The van der Waals surface area contributed by atoms with E-state index in [4.69, 9.17) is 13.8 Å². The lowest BCUT2D eigenvalue weighted by Crippen LogP contribution is -2.27. The van der Waals surface area contributed by atoms with Crippen LogP contribution in [0, 0.1) is 37.4 Å². The number of rotatable bonds is 6. The lowest BCUT2D eigenvalue weighted by molar-refractivity contribution is 0.167. The first-order valence-corrected chi connectivity index (χ1v) is 16.9. The van der Waals surface area contributed by atoms with Gasteiger partial charge in [0.05, 0.1) is 11.4 Å². The maximum atomic E-state index is 7.89. The van der Waals surface area contributed by atoms with Gasteiger partial charge in [0.2, 0.25) is 0 Å². The fourth-order valence-corrected chi connectivity index (χ4v) is 7.87. The number of aryl methyl sites for hydroxylation is 3. The highest BCUT2D eigenvalue weighted by Gasteiger charge is 2.34.